The molecule has 0 amide bonds. The summed E-state index contributed by atoms with van der Waals surface area (Å²) in [5, 5.41) is 19.9. The zero-order chi connectivity index (χ0) is 12.1. The fourth-order valence-electron chi connectivity index (χ4n) is 1.92. The molecule has 0 aliphatic carbocycles. The average molecular weight is 226 g/mol. The van der Waals surface area contributed by atoms with Gasteiger partial charge >= 0.3 is 0 Å². The lowest BCUT2D eigenvalue weighted by atomic mass is 9.90. The highest BCUT2D eigenvalue weighted by molar-refractivity contribution is 5.19. The van der Waals surface area contributed by atoms with E-state index in [0.29, 0.717) is 5.56 Å². The van der Waals surface area contributed by atoms with Gasteiger partial charge in [0.05, 0.1) is 6.10 Å². The number of aliphatic hydroxyl groups is 2. The molecule has 0 bridgehead atoms. The Morgan fingerprint density at radius 3 is 2.31 bits per heavy atom. The van der Waals surface area contributed by atoms with E-state index in [1.807, 2.05) is 13.8 Å². The van der Waals surface area contributed by atoms with E-state index in [4.69, 9.17) is 0 Å². The molecular weight excluding hydrogens is 207 g/mol. The van der Waals surface area contributed by atoms with Crippen molar-refractivity contribution in [2.24, 2.45) is 5.92 Å². The largest absolute Gasteiger partial charge is 0.390 e. The Hall–Kier alpha value is -0.930. The first-order valence-corrected chi connectivity index (χ1v) is 5.71. The van der Waals surface area contributed by atoms with Gasteiger partial charge in [-0.05, 0) is 23.6 Å². The van der Waals surface area contributed by atoms with E-state index >= 15 is 0 Å². The van der Waals surface area contributed by atoms with Crippen molar-refractivity contribution in [3.05, 3.63) is 35.6 Å². The van der Waals surface area contributed by atoms with Crippen LogP contribution in [0.1, 0.15) is 38.4 Å². The SMILES string of the molecule is CCC(CC)C(O)C(O)c1cccc(F)c1. The molecule has 90 valence electrons. The highest BCUT2D eigenvalue weighted by atomic mass is 19.1. The number of rotatable bonds is 5. The van der Waals surface area contributed by atoms with Gasteiger partial charge in [0.25, 0.3) is 0 Å². The van der Waals surface area contributed by atoms with Crippen LogP contribution in [0.15, 0.2) is 24.3 Å². The van der Waals surface area contributed by atoms with Crippen molar-refractivity contribution in [3.63, 3.8) is 0 Å². The average Bonchev–Trinajstić information content (AvgIpc) is 2.29. The lowest BCUT2D eigenvalue weighted by Crippen LogP contribution is -2.27. The summed E-state index contributed by atoms with van der Waals surface area (Å²) < 4.78 is 13.0. The molecule has 0 fully saturated rings. The first-order chi connectivity index (χ1) is 7.60. The second kappa shape index (κ2) is 5.97. The molecule has 0 aliphatic rings. The van der Waals surface area contributed by atoms with Crippen LogP contribution in [0, 0.1) is 11.7 Å². The summed E-state index contributed by atoms with van der Waals surface area (Å²) in [6, 6.07) is 5.74. The minimum absolute atomic E-state index is 0.0401. The molecule has 2 N–H and O–H groups in total. The lowest BCUT2D eigenvalue weighted by molar-refractivity contribution is -0.0210. The van der Waals surface area contributed by atoms with Gasteiger partial charge in [0.15, 0.2) is 0 Å². The topological polar surface area (TPSA) is 40.5 Å². The molecule has 0 spiro atoms. The molecule has 16 heavy (non-hydrogen) atoms. The van der Waals surface area contributed by atoms with Crippen LogP contribution in [-0.2, 0) is 0 Å². The van der Waals surface area contributed by atoms with E-state index in [-0.39, 0.29) is 5.92 Å². The summed E-state index contributed by atoms with van der Waals surface area (Å²) in [4.78, 5) is 0. The number of halogens is 1. The van der Waals surface area contributed by atoms with E-state index < -0.39 is 18.0 Å². The van der Waals surface area contributed by atoms with Gasteiger partial charge in [-0.25, -0.2) is 4.39 Å². The van der Waals surface area contributed by atoms with Gasteiger partial charge in [-0.3, -0.25) is 0 Å². The fourth-order valence-corrected chi connectivity index (χ4v) is 1.92. The standard InChI is InChI=1S/C13H19FO2/c1-3-9(4-2)12(15)13(16)10-6-5-7-11(14)8-10/h5-9,12-13,15-16H,3-4H2,1-2H3. The summed E-state index contributed by atoms with van der Waals surface area (Å²) in [7, 11) is 0. The van der Waals surface area contributed by atoms with Crippen LogP contribution in [0.2, 0.25) is 0 Å². The molecule has 0 aliphatic heterocycles. The molecule has 1 aromatic carbocycles. The van der Waals surface area contributed by atoms with Crippen molar-refractivity contribution in [1.29, 1.82) is 0 Å². The highest BCUT2D eigenvalue weighted by Gasteiger charge is 2.25. The summed E-state index contributed by atoms with van der Waals surface area (Å²) in [5.41, 5.74) is 0.430. The van der Waals surface area contributed by atoms with Crippen LogP contribution < -0.4 is 0 Å². The molecule has 3 heteroatoms. The molecule has 2 nitrogen and oxygen atoms in total. The number of benzene rings is 1. The van der Waals surface area contributed by atoms with Crippen LogP contribution in [0.25, 0.3) is 0 Å². The van der Waals surface area contributed by atoms with E-state index in [9.17, 15) is 14.6 Å². The maximum Gasteiger partial charge on any atom is 0.123 e. The van der Waals surface area contributed by atoms with E-state index in [1.165, 1.54) is 18.2 Å². The minimum atomic E-state index is -1.01. The van der Waals surface area contributed by atoms with Crippen molar-refractivity contribution in [2.75, 3.05) is 0 Å². The Morgan fingerprint density at radius 1 is 1.19 bits per heavy atom. The monoisotopic (exact) mass is 226 g/mol. The normalized spacial score (nSPS) is 15.1. The van der Waals surface area contributed by atoms with Gasteiger partial charge in [-0.2, -0.15) is 0 Å². The molecule has 2 unspecified atom stereocenters. The number of hydrogen-bond acceptors (Lipinski definition) is 2. The predicted molar refractivity (Wildman–Crippen MR) is 61.4 cm³/mol. The predicted octanol–water partition coefficient (Wildman–Crippen LogP) is 2.66. The van der Waals surface area contributed by atoms with Crippen molar-refractivity contribution >= 4 is 0 Å². The number of hydrogen-bond donors (Lipinski definition) is 2. The first-order valence-electron chi connectivity index (χ1n) is 5.71. The molecular formula is C13H19FO2. The molecule has 2 atom stereocenters. The van der Waals surface area contributed by atoms with Gasteiger partial charge in [-0.15, -0.1) is 0 Å². The van der Waals surface area contributed by atoms with Crippen LogP contribution in [-0.4, -0.2) is 16.3 Å². The van der Waals surface area contributed by atoms with Gasteiger partial charge in [0, 0.05) is 0 Å². The van der Waals surface area contributed by atoms with Gasteiger partial charge < -0.3 is 10.2 Å². The summed E-state index contributed by atoms with van der Waals surface area (Å²) in [6.07, 6.45) is -0.258. The van der Waals surface area contributed by atoms with Gasteiger partial charge in [0.1, 0.15) is 11.9 Å². The third-order valence-electron chi connectivity index (χ3n) is 3.05. The maximum atomic E-state index is 13.0. The Labute approximate surface area is 95.7 Å². The Bertz CT molecular complexity index is 323. The Kier molecular flexibility index (Phi) is 4.90. The zero-order valence-corrected chi connectivity index (χ0v) is 9.73. The highest BCUT2D eigenvalue weighted by Crippen LogP contribution is 2.26. The quantitative estimate of drug-likeness (QED) is 0.810. The van der Waals surface area contributed by atoms with Crippen LogP contribution in [0.3, 0.4) is 0 Å². The second-order valence-electron chi connectivity index (χ2n) is 4.07. The third-order valence-corrected chi connectivity index (χ3v) is 3.05. The van der Waals surface area contributed by atoms with Gasteiger partial charge in [0.2, 0.25) is 0 Å². The molecule has 1 aromatic rings. The van der Waals surface area contributed by atoms with Crippen molar-refractivity contribution in [1.82, 2.24) is 0 Å². The molecule has 0 saturated heterocycles. The number of aliphatic hydroxyl groups excluding tert-OH is 2. The van der Waals surface area contributed by atoms with Crippen LogP contribution >= 0.6 is 0 Å². The molecule has 0 saturated carbocycles. The Balaban J connectivity index is 2.80. The maximum absolute atomic E-state index is 13.0. The van der Waals surface area contributed by atoms with Gasteiger partial charge in [-0.1, -0.05) is 38.8 Å². The molecule has 0 radical (unpaired) electrons. The minimum Gasteiger partial charge on any atom is -0.390 e. The molecule has 1 rings (SSSR count). The molecule has 0 aromatic heterocycles. The van der Waals surface area contributed by atoms with Crippen LogP contribution in [0.4, 0.5) is 4.39 Å². The lowest BCUT2D eigenvalue weighted by Gasteiger charge is -2.25. The van der Waals surface area contributed by atoms with E-state index in [1.54, 1.807) is 6.07 Å². The van der Waals surface area contributed by atoms with E-state index in [2.05, 4.69) is 0 Å². The summed E-state index contributed by atoms with van der Waals surface area (Å²) >= 11 is 0. The van der Waals surface area contributed by atoms with Crippen molar-refractivity contribution in [3.8, 4) is 0 Å². The zero-order valence-electron chi connectivity index (χ0n) is 9.73. The van der Waals surface area contributed by atoms with Crippen molar-refractivity contribution < 1.29 is 14.6 Å². The molecule has 0 heterocycles. The summed E-state index contributed by atoms with van der Waals surface area (Å²) in [5.74, 6) is -0.355. The summed E-state index contributed by atoms with van der Waals surface area (Å²) in [6.45, 7) is 3.94. The fraction of sp³-hybridized carbons (Fsp3) is 0.538. The second-order valence-corrected chi connectivity index (χ2v) is 4.07. The van der Waals surface area contributed by atoms with E-state index in [0.717, 1.165) is 12.8 Å². The van der Waals surface area contributed by atoms with Crippen molar-refractivity contribution in [2.45, 2.75) is 38.9 Å². The smallest absolute Gasteiger partial charge is 0.123 e. The first kappa shape index (κ1) is 13.1. The third kappa shape index (κ3) is 3.03. The van der Waals surface area contributed by atoms with Crippen LogP contribution in [0.5, 0.6) is 0 Å². The Morgan fingerprint density at radius 2 is 1.81 bits per heavy atom.